The normalized spacial score (nSPS) is 15.0. The van der Waals surface area contributed by atoms with Crippen LogP contribution in [0.15, 0.2) is 30.3 Å². The smallest absolute Gasteiger partial charge is 0.0708 e. The lowest BCUT2D eigenvalue weighted by Crippen LogP contribution is -2.28. The minimum Gasteiger partial charge on any atom is -0.313 e. The molecule has 1 aromatic heterocycles. The molecule has 0 saturated heterocycles. The summed E-state index contributed by atoms with van der Waals surface area (Å²) in [7, 11) is 0. The molecule has 0 aliphatic heterocycles. The maximum Gasteiger partial charge on any atom is 0.0708 e. The van der Waals surface area contributed by atoms with Crippen LogP contribution in [0.2, 0.25) is 0 Å². The summed E-state index contributed by atoms with van der Waals surface area (Å²) in [6.45, 7) is 5.06. The van der Waals surface area contributed by atoms with Crippen molar-refractivity contribution in [2.75, 3.05) is 13.1 Å². The van der Waals surface area contributed by atoms with Gasteiger partial charge >= 0.3 is 0 Å². The van der Waals surface area contributed by atoms with E-state index in [0.717, 1.165) is 36.9 Å². The second-order valence-electron chi connectivity index (χ2n) is 5.35. The van der Waals surface area contributed by atoms with E-state index in [1.54, 1.807) is 0 Å². The molecule has 2 aromatic rings. The van der Waals surface area contributed by atoms with Gasteiger partial charge in [0.25, 0.3) is 0 Å². The Morgan fingerprint density at radius 1 is 1.21 bits per heavy atom. The van der Waals surface area contributed by atoms with Gasteiger partial charge in [-0.1, -0.05) is 18.2 Å². The number of nitrogens with zero attached hydrogens (tertiary/aromatic N) is 1. The number of para-hydroxylation sites is 1. The maximum absolute atomic E-state index is 4.57. The van der Waals surface area contributed by atoms with E-state index < -0.39 is 0 Å². The van der Waals surface area contributed by atoms with Crippen LogP contribution in [-0.2, 0) is 6.54 Å². The largest absolute Gasteiger partial charge is 0.313 e. The van der Waals surface area contributed by atoms with E-state index >= 15 is 0 Å². The van der Waals surface area contributed by atoms with Crippen LogP contribution in [0.1, 0.15) is 24.1 Å². The number of rotatable bonds is 6. The second kappa shape index (κ2) is 5.68. The van der Waals surface area contributed by atoms with Gasteiger partial charge in [-0.25, -0.2) is 0 Å². The fourth-order valence-corrected chi connectivity index (χ4v) is 2.42. The van der Waals surface area contributed by atoms with E-state index in [1.165, 1.54) is 23.8 Å². The maximum atomic E-state index is 4.57. The molecule has 1 fully saturated rings. The molecular weight excluding hydrogens is 234 g/mol. The van der Waals surface area contributed by atoms with Crippen LogP contribution in [0.25, 0.3) is 10.9 Å². The van der Waals surface area contributed by atoms with Crippen LogP contribution < -0.4 is 10.6 Å². The summed E-state index contributed by atoms with van der Waals surface area (Å²) in [5.41, 5.74) is 3.52. The highest BCUT2D eigenvalue weighted by atomic mass is 15.0. The number of aromatic nitrogens is 1. The number of hydrogen-bond donors (Lipinski definition) is 2. The highest BCUT2D eigenvalue weighted by Crippen LogP contribution is 2.18. The van der Waals surface area contributed by atoms with Gasteiger partial charge in [0.2, 0.25) is 0 Å². The molecule has 3 nitrogen and oxygen atoms in total. The summed E-state index contributed by atoms with van der Waals surface area (Å²) in [4.78, 5) is 4.57. The first kappa shape index (κ1) is 12.6. The number of nitrogens with one attached hydrogen (secondary N) is 2. The fraction of sp³-hybridized carbons (Fsp3) is 0.438. The topological polar surface area (TPSA) is 37.0 Å². The van der Waals surface area contributed by atoms with Crippen LogP contribution >= 0.6 is 0 Å². The van der Waals surface area contributed by atoms with Gasteiger partial charge in [-0.2, -0.15) is 0 Å². The molecule has 3 rings (SSSR count). The number of fused-ring (bicyclic) bond motifs is 1. The van der Waals surface area contributed by atoms with Crippen LogP contribution in [0.5, 0.6) is 0 Å². The summed E-state index contributed by atoms with van der Waals surface area (Å²) in [6, 6.07) is 11.3. The predicted molar refractivity (Wildman–Crippen MR) is 79.2 cm³/mol. The third-order valence-corrected chi connectivity index (χ3v) is 3.56. The molecule has 2 N–H and O–H groups in total. The Morgan fingerprint density at radius 3 is 2.89 bits per heavy atom. The second-order valence-corrected chi connectivity index (χ2v) is 5.35. The van der Waals surface area contributed by atoms with E-state index in [-0.39, 0.29) is 0 Å². The first-order chi connectivity index (χ1) is 9.33. The van der Waals surface area contributed by atoms with Crippen LogP contribution in [0.4, 0.5) is 0 Å². The van der Waals surface area contributed by atoms with Crippen molar-refractivity contribution in [2.45, 2.75) is 32.4 Å². The lowest BCUT2D eigenvalue weighted by atomic mass is 10.1. The van der Waals surface area contributed by atoms with Crippen molar-refractivity contribution in [1.29, 1.82) is 0 Å². The molecular formula is C16H21N3. The van der Waals surface area contributed by atoms with E-state index in [9.17, 15) is 0 Å². The average Bonchev–Trinajstić information content (AvgIpc) is 3.22. The van der Waals surface area contributed by atoms with Gasteiger partial charge in [0.05, 0.1) is 5.52 Å². The Balaban J connectivity index is 1.62. The molecule has 1 saturated carbocycles. The fourth-order valence-electron chi connectivity index (χ4n) is 2.42. The van der Waals surface area contributed by atoms with Gasteiger partial charge in [-0.3, -0.25) is 4.98 Å². The van der Waals surface area contributed by atoms with Gasteiger partial charge in [0.1, 0.15) is 0 Å². The minimum absolute atomic E-state index is 0.797. The van der Waals surface area contributed by atoms with Crippen molar-refractivity contribution in [3.63, 3.8) is 0 Å². The van der Waals surface area contributed by atoms with Crippen molar-refractivity contribution in [3.8, 4) is 0 Å². The van der Waals surface area contributed by atoms with E-state index in [0.29, 0.717) is 0 Å². The van der Waals surface area contributed by atoms with Gasteiger partial charge < -0.3 is 10.6 Å². The molecule has 0 amide bonds. The van der Waals surface area contributed by atoms with Crippen molar-refractivity contribution in [2.24, 2.45) is 0 Å². The Morgan fingerprint density at radius 2 is 2.05 bits per heavy atom. The highest BCUT2D eigenvalue weighted by Gasteiger charge is 2.19. The van der Waals surface area contributed by atoms with Gasteiger partial charge in [-0.15, -0.1) is 0 Å². The highest BCUT2D eigenvalue weighted by molar-refractivity contribution is 5.82. The lowest BCUT2D eigenvalue weighted by molar-refractivity contribution is 0.609. The molecule has 0 bridgehead atoms. The molecule has 0 unspecified atom stereocenters. The third kappa shape index (κ3) is 3.31. The molecule has 0 atom stereocenters. The van der Waals surface area contributed by atoms with Crippen LogP contribution in [0.3, 0.4) is 0 Å². The Labute approximate surface area is 114 Å². The zero-order valence-electron chi connectivity index (χ0n) is 11.4. The van der Waals surface area contributed by atoms with Crippen molar-refractivity contribution in [1.82, 2.24) is 15.6 Å². The molecule has 0 spiro atoms. The van der Waals surface area contributed by atoms with Gasteiger partial charge in [0, 0.05) is 36.8 Å². The molecule has 0 radical (unpaired) electrons. The molecule has 3 heteroatoms. The summed E-state index contributed by atoms with van der Waals surface area (Å²) < 4.78 is 0. The van der Waals surface area contributed by atoms with E-state index in [4.69, 9.17) is 0 Å². The zero-order valence-corrected chi connectivity index (χ0v) is 11.4. The SMILES string of the molecule is Cc1cc(CNCCNC2CC2)c2ccccc2n1. The first-order valence-electron chi connectivity index (χ1n) is 7.12. The Kier molecular flexibility index (Phi) is 3.76. The standard InChI is InChI=1S/C16H21N3/c1-12-10-13(11-17-8-9-18-14-6-7-14)15-4-2-3-5-16(15)19-12/h2-5,10,14,17-18H,6-9,11H2,1H3. The number of hydrogen-bond acceptors (Lipinski definition) is 3. The molecule has 1 heterocycles. The number of benzene rings is 1. The average molecular weight is 255 g/mol. The van der Waals surface area contributed by atoms with Crippen molar-refractivity contribution < 1.29 is 0 Å². The molecule has 1 aliphatic carbocycles. The lowest BCUT2D eigenvalue weighted by Gasteiger charge is -2.09. The summed E-state index contributed by atoms with van der Waals surface area (Å²) in [6.07, 6.45) is 2.71. The van der Waals surface area contributed by atoms with Gasteiger partial charge in [-0.05, 0) is 37.5 Å². The first-order valence-corrected chi connectivity index (χ1v) is 7.12. The molecule has 1 aliphatic rings. The minimum atomic E-state index is 0.797. The summed E-state index contributed by atoms with van der Waals surface area (Å²) in [5.74, 6) is 0. The monoisotopic (exact) mass is 255 g/mol. The van der Waals surface area contributed by atoms with E-state index in [2.05, 4.69) is 46.8 Å². The predicted octanol–water partition coefficient (Wildman–Crippen LogP) is 2.38. The Hall–Kier alpha value is -1.45. The third-order valence-electron chi connectivity index (χ3n) is 3.56. The Bertz CT molecular complexity index is 561. The zero-order chi connectivity index (χ0) is 13.1. The van der Waals surface area contributed by atoms with E-state index in [1.807, 2.05) is 6.07 Å². The number of pyridine rings is 1. The quantitative estimate of drug-likeness (QED) is 0.778. The van der Waals surface area contributed by atoms with Crippen molar-refractivity contribution >= 4 is 10.9 Å². The number of aryl methyl sites for hydroxylation is 1. The van der Waals surface area contributed by atoms with Crippen LogP contribution in [-0.4, -0.2) is 24.1 Å². The van der Waals surface area contributed by atoms with Crippen LogP contribution in [0, 0.1) is 6.92 Å². The van der Waals surface area contributed by atoms with Crippen molar-refractivity contribution in [3.05, 3.63) is 41.6 Å². The molecule has 19 heavy (non-hydrogen) atoms. The summed E-state index contributed by atoms with van der Waals surface area (Å²) >= 11 is 0. The molecule has 1 aromatic carbocycles. The summed E-state index contributed by atoms with van der Waals surface area (Å²) in [5, 5.41) is 8.29. The molecule has 100 valence electrons. The van der Waals surface area contributed by atoms with Gasteiger partial charge in [0.15, 0.2) is 0 Å².